The molecule has 0 saturated heterocycles. The van der Waals surface area contributed by atoms with E-state index in [9.17, 15) is 4.79 Å². The first-order valence-electron chi connectivity index (χ1n) is 13.4. The molecule has 0 aliphatic heterocycles. The van der Waals surface area contributed by atoms with Crippen LogP contribution in [0.3, 0.4) is 0 Å². The minimum atomic E-state index is -0.155. The van der Waals surface area contributed by atoms with E-state index in [-0.39, 0.29) is 18.6 Å². The number of amides is 1. The topological polar surface area (TPSA) is 114 Å². The van der Waals surface area contributed by atoms with Crippen molar-refractivity contribution in [1.29, 1.82) is 0 Å². The number of aromatic amines is 1. The third kappa shape index (κ3) is 6.37. The molecule has 1 unspecified atom stereocenters. The fourth-order valence-corrected chi connectivity index (χ4v) is 4.17. The summed E-state index contributed by atoms with van der Waals surface area (Å²) < 4.78 is 11.5. The number of hydrogen-bond donors (Lipinski definition) is 3. The van der Waals surface area contributed by atoms with E-state index in [0.717, 1.165) is 45.5 Å². The van der Waals surface area contributed by atoms with Crippen molar-refractivity contribution in [3.05, 3.63) is 79.1 Å². The van der Waals surface area contributed by atoms with Gasteiger partial charge in [0.15, 0.2) is 12.4 Å². The van der Waals surface area contributed by atoms with Crippen LogP contribution in [-0.4, -0.2) is 45.3 Å². The number of rotatable bonds is 11. The van der Waals surface area contributed by atoms with Gasteiger partial charge >= 0.3 is 0 Å². The molecule has 0 radical (unpaired) electrons. The standard InChI is InChI=1S/C31H32N6O3/c1-4-20(3)34-29(38)19-40-25-8-6-7-22(15-25)30-36-28-14-13-26(39-5-2)16-27(28)31(37-30)35-24-11-9-21(10-12-24)23-17-32-33-18-23/h6-18,20H,4-5,19H2,1-3H3,(H,32,33)(H,34,38)(H,35,36,37). The predicted octanol–water partition coefficient (Wildman–Crippen LogP) is 6.12. The van der Waals surface area contributed by atoms with Crippen LogP contribution in [0, 0.1) is 0 Å². The van der Waals surface area contributed by atoms with Crippen molar-refractivity contribution >= 4 is 28.3 Å². The highest BCUT2D eigenvalue weighted by Crippen LogP contribution is 2.32. The number of ether oxygens (including phenoxy) is 2. The molecular weight excluding hydrogens is 504 g/mol. The van der Waals surface area contributed by atoms with Crippen LogP contribution in [0.1, 0.15) is 27.2 Å². The van der Waals surface area contributed by atoms with Crippen molar-refractivity contribution < 1.29 is 14.3 Å². The van der Waals surface area contributed by atoms with Gasteiger partial charge in [-0.3, -0.25) is 9.89 Å². The second kappa shape index (κ2) is 12.3. The Labute approximate surface area is 233 Å². The Balaban J connectivity index is 1.45. The molecule has 0 bridgehead atoms. The van der Waals surface area contributed by atoms with Gasteiger partial charge in [0, 0.05) is 34.4 Å². The number of benzene rings is 3. The highest BCUT2D eigenvalue weighted by molar-refractivity contribution is 5.93. The second-order valence-electron chi connectivity index (χ2n) is 9.39. The third-order valence-electron chi connectivity index (χ3n) is 6.44. The molecule has 0 saturated carbocycles. The monoisotopic (exact) mass is 536 g/mol. The normalized spacial score (nSPS) is 11.7. The lowest BCUT2D eigenvalue weighted by Crippen LogP contribution is -2.35. The molecule has 0 aliphatic rings. The van der Waals surface area contributed by atoms with Crippen molar-refractivity contribution in [2.75, 3.05) is 18.5 Å². The number of anilines is 2. The molecule has 0 fully saturated rings. The van der Waals surface area contributed by atoms with Gasteiger partial charge in [-0.25, -0.2) is 9.97 Å². The van der Waals surface area contributed by atoms with E-state index >= 15 is 0 Å². The summed E-state index contributed by atoms with van der Waals surface area (Å²) in [5.74, 6) is 2.34. The van der Waals surface area contributed by atoms with Crippen molar-refractivity contribution in [1.82, 2.24) is 25.5 Å². The van der Waals surface area contributed by atoms with Crippen LogP contribution in [0.5, 0.6) is 11.5 Å². The first-order valence-corrected chi connectivity index (χ1v) is 13.4. The van der Waals surface area contributed by atoms with Gasteiger partial charge in [-0.05, 0) is 68.3 Å². The van der Waals surface area contributed by atoms with Gasteiger partial charge < -0.3 is 20.1 Å². The molecule has 3 N–H and O–H groups in total. The van der Waals surface area contributed by atoms with Crippen LogP contribution in [0.25, 0.3) is 33.4 Å². The Morgan fingerprint density at radius 1 is 0.925 bits per heavy atom. The maximum Gasteiger partial charge on any atom is 0.258 e. The quantitative estimate of drug-likeness (QED) is 0.186. The minimum Gasteiger partial charge on any atom is -0.494 e. The van der Waals surface area contributed by atoms with Gasteiger partial charge in [0.1, 0.15) is 17.3 Å². The molecule has 5 aromatic rings. The molecule has 3 aromatic carbocycles. The average Bonchev–Trinajstić information content (AvgIpc) is 3.52. The highest BCUT2D eigenvalue weighted by atomic mass is 16.5. The predicted molar refractivity (Wildman–Crippen MR) is 157 cm³/mol. The lowest BCUT2D eigenvalue weighted by atomic mass is 10.1. The highest BCUT2D eigenvalue weighted by Gasteiger charge is 2.13. The van der Waals surface area contributed by atoms with Crippen LogP contribution in [0.4, 0.5) is 11.5 Å². The largest absolute Gasteiger partial charge is 0.494 e. The van der Waals surface area contributed by atoms with E-state index in [4.69, 9.17) is 19.4 Å². The number of aromatic nitrogens is 4. The molecule has 9 heteroatoms. The maximum absolute atomic E-state index is 12.2. The summed E-state index contributed by atoms with van der Waals surface area (Å²) in [6.07, 6.45) is 4.51. The van der Waals surface area contributed by atoms with Crippen LogP contribution in [0.15, 0.2) is 79.1 Å². The van der Waals surface area contributed by atoms with Crippen molar-refractivity contribution in [2.24, 2.45) is 0 Å². The molecule has 9 nitrogen and oxygen atoms in total. The Bertz CT molecular complexity index is 1590. The second-order valence-corrected chi connectivity index (χ2v) is 9.39. The average molecular weight is 537 g/mol. The molecule has 2 heterocycles. The van der Waals surface area contributed by atoms with Crippen LogP contribution >= 0.6 is 0 Å². The smallest absolute Gasteiger partial charge is 0.258 e. The fraction of sp³-hybridized carbons (Fsp3) is 0.226. The Kier molecular flexibility index (Phi) is 8.20. The van der Waals surface area contributed by atoms with Gasteiger partial charge in [0.25, 0.3) is 5.91 Å². The fourth-order valence-electron chi connectivity index (χ4n) is 4.17. The molecule has 0 aliphatic carbocycles. The van der Waals surface area contributed by atoms with Crippen molar-refractivity contribution in [3.63, 3.8) is 0 Å². The zero-order valence-corrected chi connectivity index (χ0v) is 22.8. The van der Waals surface area contributed by atoms with Gasteiger partial charge in [-0.15, -0.1) is 0 Å². The third-order valence-corrected chi connectivity index (χ3v) is 6.44. The summed E-state index contributed by atoms with van der Waals surface area (Å²) in [6, 6.07) is 21.4. The molecule has 0 spiro atoms. The molecule has 5 rings (SSSR count). The number of nitrogens with one attached hydrogen (secondary N) is 3. The van der Waals surface area contributed by atoms with Crippen molar-refractivity contribution in [2.45, 2.75) is 33.2 Å². The van der Waals surface area contributed by atoms with E-state index in [0.29, 0.717) is 24.0 Å². The van der Waals surface area contributed by atoms with E-state index in [2.05, 4.69) is 20.8 Å². The van der Waals surface area contributed by atoms with E-state index in [1.807, 2.05) is 93.7 Å². The zero-order chi connectivity index (χ0) is 27.9. The lowest BCUT2D eigenvalue weighted by molar-refractivity contribution is -0.123. The summed E-state index contributed by atoms with van der Waals surface area (Å²) in [7, 11) is 0. The summed E-state index contributed by atoms with van der Waals surface area (Å²) >= 11 is 0. The van der Waals surface area contributed by atoms with Gasteiger partial charge in [0.2, 0.25) is 0 Å². The number of carbonyl (C=O) groups excluding carboxylic acids is 1. The van der Waals surface area contributed by atoms with E-state index in [1.54, 1.807) is 6.20 Å². The lowest BCUT2D eigenvalue weighted by Gasteiger charge is -2.14. The summed E-state index contributed by atoms with van der Waals surface area (Å²) in [5, 5.41) is 14.1. The van der Waals surface area contributed by atoms with Crippen LogP contribution in [0.2, 0.25) is 0 Å². The molecular formula is C31H32N6O3. The van der Waals surface area contributed by atoms with E-state index in [1.165, 1.54) is 0 Å². The number of fused-ring (bicyclic) bond motifs is 1. The van der Waals surface area contributed by atoms with Crippen molar-refractivity contribution in [3.8, 4) is 34.0 Å². The Morgan fingerprint density at radius 3 is 2.50 bits per heavy atom. The number of nitrogens with zero attached hydrogens (tertiary/aromatic N) is 3. The number of H-pyrrole nitrogens is 1. The molecule has 1 amide bonds. The maximum atomic E-state index is 12.2. The summed E-state index contributed by atoms with van der Waals surface area (Å²) in [5.41, 5.74) is 4.49. The van der Waals surface area contributed by atoms with Gasteiger partial charge in [-0.1, -0.05) is 31.2 Å². The van der Waals surface area contributed by atoms with Gasteiger partial charge in [0.05, 0.1) is 18.3 Å². The Hall–Kier alpha value is -4.92. The molecule has 2 aromatic heterocycles. The molecule has 40 heavy (non-hydrogen) atoms. The summed E-state index contributed by atoms with van der Waals surface area (Å²) in [6.45, 7) is 6.44. The number of carbonyl (C=O) groups is 1. The van der Waals surface area contributed by atoms with Crippen LogP contribution in [-0.2, 0) is 4.79 Å². The van der Waals surface area contributed by atoms with Crippen LogP contribution < -0.4 is 20.1 Å². The SMILES string of the molecule is CCOc1ccc2nc(-c3cccc(OCC(=O)NC(C)CC)c3)nc(Nc3ccc(-c4cn[nH]c4)cc3)c2c1. The van der Waals surface area contributed by atoms with Gasteiger partial charge in [-0.2, -0.15) is 5.10 Å². The first kappa shape index (κ1) is 26.7. The zero-order valence-electron chi connectivity index (χ0n) is 22.8. The molecule has 204 valence electrons. The minimum absolute atomic E-state index is 0.0613. The first-order chi connectivity index (χ1) is 19.5. The van der Waals surface area contributed by atoms with E-state index < -0.39 is 0 Å². The number of hydrogen-bond acceptors (Lipinski definition) is 7. The Morgan fingerprint density at radius 2 is 1.75 bits per heavy atom. The summed E-state index contributed by atoms with van der Waals surface area (Å²) in [4.78, 5) is 21.9. The molecule has 1 atom stereocenters.